The van der Waals surface area contributed by atoms with Crippen LogP contribution in [0.4, 0.5) is 16.2 Å². The van der Waals surface area contributed by atoms with E-state index in [4.69, 9.17) is 9.47 Å². The molecule has 0 saturated carbocycles. The average molecular weight is 413 g/mol. The molecule has 0 aliphatic carbocycles. The van der Waals surface area contributed by atoms with Crippen LogP contribution in [0.1, 0.15) is 5.56 Å². The van der Waals surface area contributed by atoms with Crippen LogP contribution in [0.25, 0.3) is 6.08 Å². The summed E-state index contributed by atoms with van der Waals surface area (Å²) in [5.41, 5.74) is -0.927. The zero-order valence-corrected chi connectivity index (χ0v) is 15.7. The number of methoxy groups -OCH3 is 2. The highest BCUT2D eigenvalue weighted by atomic mass is 16.6. The highest BCUT2D eigenvalue weighted by molar-refractivity contribution is 6.39. The van der Waals surface area contributed by atoms with E-state index in [9.17, 15) is 29.6 Å². The molecule has 1 saturated heterocycles. The van der Waals surface area contributed by atoms with Gasteiger partial charge in [-0.15, -0.1) is 0 Å². The number of imide groups is 2. The van der Waals surface area contributed by atoms with Gasteiger partial charge >= 0.3 is 11.7 Å². The zero-order valence-electron chi connectivity index (χ0n) is 15.7. The Hall–Kier alpha value is -4.41. The van der Waals surface area contributed by atoms with E-state index in [0.29, 0.717) is 5.75 Å². The SMILES string of the molecule is COc1cccc(N2C(=O)NC(=O)C(=Cc3cc(OC)c(O)c([N+](=O)[O-])c3)C2=O)c1. The molecule has 0 bridgehead atoms. The van der Waals surface area contributed by atoms with Crippen molar-refractivity contribution < 1.29 is 33.9 Å². The summed E-state index contributed by atoms with van der Waals surface area (Å²) >= 11 is 0. The van der Waals surface area contributed by atoms with Crippen LogP contribution in [0.15, 0.2) is 42.0 Å². The number of benzene rings is 2. The number of rotatable bonds is 5. The summed E-state index contributed by atoms with van der Waals surface area (Å²) in [5, 5.41) is 23.1. The second kappa shape index (κ2) is 7.91. The largest absolute Gasteiger partial charge is 0.500 e. The first-order valence-electron chi connectivity index (χ1n) is 8.37. The van der Waals surface area contributed by atoms with E-state index in [1.54, 1.807) is 12.1 Å². The summed E-state index contributed by atoms with van der Waals surface area (Å²) in [6, 6.07) is 7.30. The topological polar surface area (TPSA) is 148 Å². The summed E-state index contributed by atoms with van der Waals surface area (Å²) in [6.45, 7) is 0. The van der Waals surface area contributed by atoms with Crippen molar-refractivity contribution in [3.8, 4) is 17.2 Å². The molecule has 2 aromatic rings. The molecule has 0 unspecified atom stereocenters. The molecular formula is C19H15N3O8. The van der Waals surface area contributed by atoms with Crippen LogP contribution in [0, 0.1) is 10.1 Å². The Morgan fingerprint density at radius 1 is 1.13 bits per heavy atom. The van der Waals surface area contributed by atoms with Gasteiger partial charge in [0.1, 0.15) is 11.3 Å². The average Bonchev–Trinajstić information content (AvgIpc) is 2.71. The summed E-state index contributed by atoms with van der Waals surface area (Å²) in [4.78, 5) is 48.5. The molecule has 0 radical (unpaired) electrons. The predicted molar refractivity (Wildman–Crippen MR) is 103 cm³/mol. The van der Waals surface area contributed by atoms with Crippen molar-refractivity contribution in [1.82, 2.24) is 5.32 Å². The highest BCUT2D eigenvalue weighted by Gasteiger charge is 2.37. The molecule has 1 fully saturated rings. The molecule has 2 N–H and O–H groups in total. The molecule has 0 atom stereocenters. The number of phenolic OH excluding ortho intramolecular Hbond substituents is 1. The van der Waals surface area contributed by atoms with E-state index < -0.39 is 39.8 Å². The molecule has 0 aromatic heterocycles. The van der Waals surface area contributed by atoms with Gasteiger partial charge in [0.15, 0.2) is 5.75 Å². The third-order valence-corrected chi connectivity index (χ3v) is 4.22. The van der Waals surface area contributed by atoms with E-state index in [-0.39, 0.29) is 17.0 Å². The van der Waals surface area contributed by atoms with Crippen molar-refractivity contribution in [2.75, 3.05) is 19.1 Å². The first kappa shape index (κ1) is 20.3. The molecule has 1 aliphatic rings. The number of nitro benzene ring substituents is 1. The number of ether oxygens (including phenoxy) is 2. The van der Waals surface area contributed by atoms with Crippen LogP contribution in [0.3, 0.4) is 0 Å². The number of barbiturate groups is 1. The molecule has 4 amide bonds. The molecule has 1 heterocycles. The van der Waals surface area contributed by atoms with E-state index in [0.717, 1.165) is 17.0 Å². The number of carbonyl (C=O) groups excluding carboxylic acids is 3. The number of amides is 4. The number of nitrogens with zero attached hydrogens (tertiary/aromatic N) is 2. The van der Waals surface area contributed by atoms with Crippen LogP contribution in [0.5, 0.6) is 17.2 Å². The van der Waals surface area contributed by atoms with Crippen molar-refractivity contribution in [3.05, 3.63) is 57.6 Å². The van der Waals surface area contributed by atoms with Gasteiger partial charge in [0, 0.05) is 12.1 Å². The lowest BCUT2D eigenvalue weighted by Crippen LogP contribution is -2.54. The Kier molecular flexibility index (Phi) is 5.36. The van der Waals surface area contributed by atoms with Crippen LogP contribution >= 0.6 is 0 Å². The summed E-state index contributed by atoms with van der Waals surface area (Å²) in [7, 11) is 2.61. The minimum Gasteiger partial charge on any atom is -0.500 e. The minimum absolute atomic E-state index is 0.0368. The number of phenols is 1. The van der Waals surface area contributed by atoms with Gasteiger partial charge in [-0.3, -0.25) is 25.0 Å². The second-order valence-electron chi connectivity index (χ2n) is 6.01. The molecule has 1 aliphatic heterocycles. The number of nitrogens with one attached hydrogen (secondary N) is 1. The molecule has 30 heavy (non-hydrogen) atoms. The second-order valence-corrected chi connectivity index (χ2v) is 6.01. The van der Waals surface area contributed by atoms with Crippen molar-refractivity contribution in [2.45, 2.75) is 0 Å². The standard InChI is InChI=1S/C19H15N3O8/c1-29-12-5-3-4-11(9-12)21-18(25)13(17(24)20-19(21)26)6-10-7-14(22(27)28)16(23)15(8-10)30-2/h3-9,23H,1-2H3,(H,20,24,26). The number of nitro groups is 1. The molecule has 3 rings (SSSR count). The Bertz CT molecular complexity index is 1110. The third kappa shape index (κ3) is 3.63. The Morgan fingerprint density at radius 2 is 1.87 bits per heavy atom. The van der Waals surface area contributed by atoms with Gasteiger partial charge in [-0.1, -0.05) is 6.07 Å². The monoisotopic (exact) mass is 413 g/mol. The molecule has 154 valence electrons. The fraction of sp³-hybridized carbons (Fsp3) is 0.105. The van der Waals surface area contributed by atoms with Gasteiger partial charge in [0.05, 0.1) is 24.8 Å². The fourth-order valence-electron chi connectivity index (χ4n) is 2.80. The van der Waals surface area contributed by atoms with E-state index in [1.807, 2.05) is 5.32 Å². The van der Waals surface area contributed by atoms with E-state index in [2.05, 4.69) is 0 Å². The number of aromatic hydroxyl groups is 1. The zero-order chi connectivity index (χ0) is 22.0. The summed E-state index contributed by atoms with van der Waals surface area (Å²) in [5.74, 6) is -2.45. The fourth-order valence-corrected chi connectivity index (χ4v) is 2.80. The number of anilines is 1. The summed E-state index contributed by atoms with van der Waals surface area (Å²) < 4.78 is 9.98. The Balaban J connectivity index is 2.09. The van der Waals surface area contributed by atoms with Crippen LogP contribution < -0.4 is 19.7 Å². The van der Waals surface area contributed by atoms with Gasteiger partial charge in [-0.05, 0) is 29.8 Å². The van der Waals surface area contributed by atoms with Gasteiger partial charge < -0.3 is 14.6 Å². The highest BCUT2D eigenvalue weighted by Crippen LogP contribution is 2.37. The maximum absolute atomic E-state index is 12.9. The number of urea groups is 1. The van der Waals surface area contributed by atoms with Crippen LogP contribution in [0.2, 0.25) is 0 Å². The molecular weight excluding hydrogens is 398 g/mol. The van der Waals surface area contributed by atoms with Crippen molar-refractivity contribution in [1.29, 1.82) is 0 Å². The van der Waals surface area contributed by atoms with Crippen molar-refractivity contribution >= 4 is 35.3 Å². The lowest BCUT2D eigenvalue weighted by Gasteiger charge is -2.26. The van der Waals surface area contributed by atoms with Crippen LogP contribution in [-0.2, 0) is 9.59 Å². The normalized spacial score (nSPS) is 15.2. The Morgan fingerprint density at radius 3 is 2.50 bits per heavy atom. The smallest absolute Gasteiger partial charge is 0.335 e. The maximum atomic E-state index is 12.9. The lowest BCUT2D eigenvalue weighted by atomic mass is 10.1. The van der Waals surface area contributed by atoms with Crippen molar-refractivity contribution in [3.63, 3.8) is 0 Å². The van der Waals surface area contributed by atoms with Gasteiger partial charge in [0.25, 0.3) is 11.8 Å². The van der Waals surface area contributed by atoms with E-state index in [1.165, 1.54) is 32.4 Å². The molecule has 0 spiro atoms. The van der Waals surface area contributed by atoms with Gasteiger partial charge in [-0.2, -0.15) is 0 Å². The third-order valence-electron chi connectivity index (χ3n) is 4.22. The number of hydrogen-bond acceptors (Lipinski definition) is 8. The predicted octanol–water partition coefficient (Wildman–Crippen LogP) is 1.98. The minimum atomic E-state index is -0.973. The quantitative estimate of drug-likeness (QED) is 0.327. The van der Waals surface area contributed by atoms with Gasteiger partial charge in [-0.25, -0.2) is 9.69 Å². The van der Waals surface area contributed by atoms with Crippen LogP contribution in [-0.4, -0.2) is 42.1 Å². The first-order chi connectivity index (χ1) is 14.3. The lowest BCUT2D eigenvalue weighted by molar-refractivity contribution is -0.386. The molecule has 11 heteroatoms. The summed E-state index contributed by atoms with van der Waals surface area (Å²) in [6.07, 6.45) is 1.06. The maximum Gasteiger partial charge on any atom is 0.335 e. The Labute approximate surface area is 169 Å². The number of carbonyl (C=O) groups is 3. The van der Waals surface area contributed by atoms with Crippen molar-refractivity contribution in [2.24, 2.45) is 0 Å². The molecule has 2 aromatic carbocycles. The molecule has 11 nitrogen and oxygen atoms in total. The first-order valence-corrected chi connectivity index (χ1v) is 8.37. The van der Waals surface area contributed by atoms with Gasteiger partial charge in [0.2, 0.25) is 5.75 Å². The number of hydrogen-bond donors (Lipinski definition) is 2. The van der Waals surface area contributed by atoms with E-state index >= 15 is 0 Å².